The van der Waals surface area contributed by atoms with Crippen molar-refractivity contribution in [3.8, 4) is 11.3 Å². The normalized spacial score (nSPS) is 10.9. The Balaban J connectivity index is 1.69. The average Bonchev–Trinajstić information content (AvgIpc) is 2.99. The van der Waals surface area contributed by atoms with Crippen molar-refractivity contribution in [2.45, 2.75) is 64.7 Å². The summed E-state index contributed by atoms with van der Waals surface area (Å²) in [6, 6.07) is 10.5. The molecule has 0 aliphatic rings. The van der Waals surface area contributed by atoms with E-state index in [-0.39, 0.29) is 0 Å². The third-order valence-corrected chi connectivity index (χ3v) is 4.05. The highest BCUT2D eigenvalue weighted by molar-refractivity contribution is 5.61. The van der Waals surface area contributed by atoms with Gasteiger partial charge in [-0.3, -0.25) is 0 Å². The van der Waals surface area contributed by atoms with Gasteiger partial charge in [-0.1, -0.05) is 82.2 Å². The van der Waals surface area contributed by atoms with E-state index in [4.69, 9.17) is 0 Å². The number of benzene rings is 1. The fourth-order valence-corrected chi connectivity index (χ4v) is 2.79. The molecule has 0 spiro atoms. The van der Waals surface area contributed by atoms with Crippen LogP contribution in [0.4, 0.5) is 0 Å². The van der Waals surface area contributed by atoms with Crippen molar-refractivity contribution in [3.05, 3.63) is 42.4 Å². The number of aromatic nitrogens is 2. The fourth-order valence-electron chi connectivity index (χ4n) is 2.79. The Morgan fingerprint density at radius 1 is 0.857 bits per heavy atom. The molecule has 2 aromatic rings. The van der Waals surface area contributed by atoms with Gasteiger partial charge in [-0.2, -0.15) is 0 Å². The number of hydrogen-bond acceptors (Lipinski definition) is 1. The van der Waals surface area contributed by atoms with Gasteiger partial charge in [0.25, 0.3) is 0 Å². The van der Waals surface area contributed by atoms with Gasteiger partial charge in [0.2, 0.25) is 0 Å². The first kappa shape index (κ1) is 15.8. The number of aromatic amines is 1. The molecule has 0 aliphatic heterocycles. The zero-order valence-corrected chi connectivity index (χ0v) is 13.3. The van der Waals surface area contributed by atoms with Gasteiger partial charge in [-0.05, 0) is 12.8 Å². The van der Waals surface area contributed by atoms with Crippen LogP contribution in [0, 0.1) is 0 Å². The van der Waals surface area contributed by atoms with Crippen molar-refractivity contribution in [3.63, 3.8) is 0 Å². The Morgan fingerprint density at radius 2 is 1.52 bits per heavy atom. The molecule has 1 N–H and O–H groups in total. The van der Waals surface area contributed by atoms with E-state index < -0.39 is 0 Å². The minimum Gasteiger partial charge on any atom is -0.348 e. The number of unbranched alkanes of at least 4 members (excludes halogenated alkanes) is 7. The molecule has 21 heavy (non-hydrogen) atoms. The summed E-state index contributed by atoms with van der Waals surface area (Å²) in [6.07, 6.45) is 13.9. The van der Waals surface area contributed by atoms with Crippen LogP contribution in [-0.2, 0) is 6.42 Å². The van der Waals surface area contributed by atoms with Crippen LogP contribution in [0.2, 0.25) is 0 Å². The molecule has 2 heteroatoms. The molecule has 1 heterocycles. The summed E-state index contributed by atoms with van der Waals surface area (Å²) in [5.41, 5.74) is 3.62. The van der Waals surface area contributed by atoms with Crippen LogP contribution < -0.4 is 0 Å². The predicted octanol–water partition coefficient (Wildman–Crippen LogP) is 5.76. The third kappa shape index (κ3) is 5.37. The van der Waals surface area contributed by atoms with Gasteiger partial charge in [0.05, 0.1) is 12.0 Å². The van der Waals surface area contributed by atoms with Gasteiger partial charge in [-0.25, -0.2) is 4.98 Å². The standard InChI is InChI=1S/C19H28N2/c1-2-3-4-5-6-7-8-12-15-18-19(21-16-20-18)17-13-10-9-11-14-17/h9-11,13-14,16H,2-8,12,15H2,1H3,(H,20,21). The number of rotatable bonds is 10. The van der Waals surface area contributed by atoms with Crippen LogP contribution >= 0.6 is 0 Å². The summed E-state index contributed by atoms with van der Waals surface area (Å²) in [6.45, 7) is 2.27. The molecule has 0 radical (unpaired) electrons. The Bertz CT molecular complexity index is 487. The van der Waals surface area contributed by atoms with Crippen LogP contribution in [0.25, 0.3) is 11.3 Å². The van der Waals surface area contributed by atoms with E-state index in [1.165, 1.54) is 62.6 Å². The summed E-state index contributed by atoms with van der Waals surface area (Å²) in [5, 5.41) is 0. The summed E-state index contributed by atoms with van der Waals surface area (Å²) >= 11 is 0. The lowest BCUT2D eigenvalue weighted by molar-refractivity contribution is 0.574. The molecule has 0 saturated heterocycles. The molecule has 1 aromatic heterocycles. The third-order valence-electron chi connectivity index (χ3n) is 4.05. The fraction of sp³-hybridized carbons (Fsp3) is 0.526. The minimum absolute atomic E-state index is 1.11. The largest absolute Gasteiger partial charge is 0.348 e. The second-order valence-electron chi connectivity index (χ2n) is 5.82. The van der Waals surface area contributed by atoms with E-state index in [2.05, 4.69) is 41.2 Å². The van der Waals surface area contributed by atoms with Crippen molar-refractivity contribution in [1.29, 1.82) is 0 Å². The van der Waals surface area contributed by atoms with Crippen LogP contribution in [0.3, 0.4) is 0 Å². The van der Waals surface area contributed by atoms with Gasteiger partial charge in [0.15, 0.2) is 0 Å². The van der Waals surface area contributed by atoms with E-state index in [1.807, 2.05) is 12.4 Å². The molecule has 0 fully saturated rings. The molecule has 0 aliphatic carbocycles. The lowest BCUT2D eigenvalue weighted by atomic mass is 10.0. The van der Waals surface area contributed by atoms with E-state index in [0.717, 1.165) is 12.1 Å². The summed E-state index contributed by atoms with van der Waals surface area (Å²) in [4.78, 5) is 7.79. The van der Waals surface area contributed by atoms with E-state index in [9.17, 15) is 0 Å². The van der Waals surface area contributed by atoms with Gasteiger partial charge < -0.3 is 4.98 Å². The highest BCUT2D eigenvalue weighted by Crippen LogP contribution is 2.21. The lowest BCUT2D eigenvalue weighted by Gasteiger charge is -2.04. The van der Waals surface area contributed by atoms with Crippen molar-refractivity contribution >= 4 is 0 Å². The second kappa shape index (κ2) is 9.38. The Labute approximate surface area is 129 Å². The molecular weight excluding hydrogens is 256 g/mol. The van der Waals surface area contributed by atoms with Crippen molar-refractivity contribution in [2.24, 2.45) is 0 Å². The molecule has 1 aromatic carbocycles. The van der Waals surface area contributed by atoms with Gasteiger partial charge in [0, 0.05) is 11.3 Å². The summed E-state index contributed by atoms with van der Waals surface area (Å²) in [7, 11) is 0. The van der Waals surface area contributed by atoms with Crippen LogP contribution in [0.5, 0.6) is 0 Å². The number of nitrogens with zero attached hydrogens (tertiary/aromatic N) is 1. The number of nitrogens with one attached hydrogen (secondary N) is 1. The van der Waals surface area contributed by atoms with E-state index in [0.29, 0.717) is 0 Å². The Morgan fingerprint density at radius 3 is 2.24 bits per heavy atom. The smallest absolute Gasteiger partial charge is 0.0929 e. The van der Waals surface area contributed by atoms with E-state index >= 15 is 0 Å². The highest BCUT2D eigenvalue weighted by Gasteiger charge is 2.07. The van der Waals surface area contributed by atoms with Crippen LogP contribution in [-0.4, -0.2) is 9.97 Å². The average molecular weight is 284 g/mol. The maximum Gasteiger partial charge on any atom is 0.0929 e. The minimum atomic E-state index is 1.11. The Kier molecular flexibility index (Phi) is 7.06. The molecule has 2 nitrogen and oxygen atoms in total. The molecule has 2 rings (SSSR count). The lowest BCUT2D eigenvalue weighted by Crippen LogP contribution is -1.90. The molecule has 0 bridgehead atoms. The van der Waals surface area contributed by atoms with Gasteiger partial charge in [-0.15, -0.1) is 0 Å². The van der Waals surface area contributed by atoms with Crippen molar-refractivity contribution in [1.82, 2.24) is 9.97 Å². The van der Waals surface area contributed by atoms with Gasteiger partial charge >= 0.3 is 0 Å². The molecule has 0 atom stereocenters. The zero-order chi connectivity index (χ0) is 14.8. The second-order valence-corrected chi connectivity index (χ2v) is 5.82. The summed E-state index contributed by atoms with van der Waals surface area (Å²) < 4.78 is 0. The monoisotopic (exact) mass is 284 g/mol. The first-order valence-corrected chi connectivity index (χ1v) is 8.49. The zero-order valence-electron chi connectivity index (χ0n) is 13.3. The topological polar surface area (TPSA) is 28.7 Å². The Hall–Kier alpha value is -1.57. The SMILES string of the molecule is CCCCCCCCCCc1[nH]cnc1-c1ccccc1. The van der Waals surface area contributed by atoms with Crippen molar-refractivity contribution in [2.75, 3.05) is 0 Å². The first-order valence-electron chi connectivity index (χ1n) is 8.49. The molecule has 0 unspecified atom stereocenters. The van der Waals surface area contributed by atoms with Gasteiger partial charge in [0.1, 0.15) is 0 Å². The predicted molar refractivity (Wildman–Crippen MR) is 90.3 cm³/mol. The van der Waals surface area contributed by atoms with Crippen LogP contribution in [0.1, 0.15) is 64.0 Å². The number of aryl methyl sites for hydroxylation is 1. The molecular formula is C19H28N2. The quantitative estimate of drug-likeness (QED) is 0.552. The number of H-pyrrole nitrogens is 1. The van der Waals surface area contributed by atoms with Crippen LogP contribution in [0.15, 0.2) is 36.7 Å². The highest BCUT2D eigenvalue weighted by atomic mass is 14.9. The van der Waals surface area contributed by atoms with E-state index in [1.54, 1.807) is 0 Å². The maximum absolute atomic E-state index is 4.48. The maximum atomic E-state index is 4.48. The number of imidazole rings is 1. The molecule has 0 saturated carbocycles. The summed E-state index contributed by atoms with van der Waals surface area (Å²) in [5.74, 6) is 0. The number of hydrogen-bond donors (Lipinski definition) is 1. The van der Waals surface area contributed by atoms with Crippen molar-refractivity contribution < 1.29 is 0 Å². The molecule has 114 valence electrons. The molecule has 0 amide bonds. The first-order chi connectivity index (χ1) is 10.4.